The van der Waals surface area contributed by atoms with Gasteiger partial charge in [0.15, 0.2) is 5.12 Å². The van der Waals surface area contributed by atoms with Crippen molar-refractivity contribution in [3.05, 3.63) is 0 Å². The zero-order chi connectivity index (χ0) is 21.9. The van der Waals surface area contributed by atoms with Gasteiger partial charge in [0, 0.05) is 17.6 Å². The SMILES string of the molecule is CCOC(=O)CNC(=O)[C@H](CSC(=O)C(C)(C)C)NC(=O)CC[C@H](N)C(=O)O. The lowest BCUT2D eigenvalue weighted by molar-refractivity contribution is -0.143. The van der Waals surface area contributed by atoms with E-state index in [4.69, 9.17) is 15.6 Å². The average molecular weight is 420 g/mol. The Bertz CT molecular complexity index is 590. The number of aliphatic carboxylic acids is 1. The molecule has 160 valence electrons. The molecule has 0 aliphatic heterocycles. The molecule has 0 aliphatic rings. The van der Waals surface area contributed by atoms with Gasteiger partial charge in [0.25, 0.3) is 0 Å². The van der Waals surface area contributed by atoms with Crippen LogP contribution in [-0.2, 0) is 28.7 Å². The molecule has 0 aromatic heterocycles. The largest absolute Gasteiger partial charge is 0.480 e. The van der Waals surface area contributed by atoms with Gasteiger partial charge in [0.2, 0.25) is 11.8 Å². The highest BCUT2D eigenvalue weighted by molar-refractivity contribution is 8.13. The van der Waals surface area contributed by atoms with Crippen molar-refractivity contribution < 1.29 is 33.8 Å². The monoisotopic (exact) mass is 419 g/mol. The first kappa shape index (κ1) is 25.9. The van der Waals surface area contributed by atoms with Crippen LogP contribution in [0.2, 0.25) is 0 Å². The quantitative estimate of drug-likeness (QED) is 0.327. The molecule has 0 saturated heterocycles. The first-order valence-electron chi connectivity index (χ1n) is 8.76. The van der Waals surface area contributed by atoms with E-state index in [1.165, 1.54) is 0 Å². The molecular formula is C17H29N3O7S. The number of thioether (sulfide) groups is 1. The fraction of sp³-hybridized carbons (Fsp3) is 0.706. The van der Waals surface area contributed by atoms with Gasteiger partial charge in [-0.25, -0.2) is 0 Å². The van der Waals surface area contributed by atoms with Gasteiger partial charge in [0.1, 0.15) is 18.6 Å². The number of hydrogen-bond acceptors (Lipinski definition) is 8. The minimum absolute atomic E-state index is 0.0402. The van der Waals surface area contributed by atoms with Gasteiger partial charge in [-0.05, 0) is 13.3 Å². The van der Waals surface area contributed by atoms with Crippen LogP contribution in [0.1, 0.15) is 40.5 Å². The van der Waals surface area contributed by atoms with Gasteiger partial charge in [-0.2, -0.15) is 0 Å². The highest BCUT2D eigenvalue weighted by Gasteiger charge is 2.27. The van der Waals surface area contributed by atoms with Crippen molar-refractivity contribution in [2.24, 2.45) is 11.1 Å². The number of carbonyl (C=O) groups is 5. The molecule has 0 unspecified atom stereocenters. The van der Waals surface area contributed by atoms with Gasteiger partial charge < -0.3 is 26.2 Å². The lowest BCUT2D eigenvalue weighted by Gasteiger charge is -2.20. The molecule has 0 bridgehead atoms. The van der Waals surface area contributed by atoms with Gasteiger partial charge in [0.05, 0.1) is 6.61 Å². The van der Waals surface area contributed by atoms with E-state index in [9.17, 15) is 24.0 Å². The fourth-order valence-electron chi connectivity index (χ4n) is 1.73. The van der Waals surface area contributed by atoms with Crippen LogP contribution >= 0.6 is 11.8 Å². The smallest absolute Gasteiger partial charge is 0.325 e. The number of amides is 2. The number of carboxylic acids is 1. The molecule has 0 fully saturated rings. The number of nitrogens with two attached hydrogens (primary N) is 1. The Morgan fingerprint density at radius 2 is 1.79 bits per heavy atom. The van der Waals surface area contributed by atoms with E-state index in [-0.39, 0.29) is 36.9 Å². The van der Waals surface area contributed by atoms with Crippen LogP contribution in [0.15, 0.2) is 0 Å². The van der Waals surface area contributed by atoms with Gasteiger partial charge >= 0.3 is 11.9 Å². The van der Waals surface area contributed by atoms with E-state index in [2.05, 4.69) is 10.6 Å². The molecule has 10 nitrogen and oxygen atoms in total. The Balaban J connectivity index is 4.89. The third kappa shape index (κ3) is 10.9. The molecule has 0 radical (unpaired) electrons. The molecule has 2 atom stereocenters. The van der Waals surface area contributed by atoms with Crippen molar-refractivity contribution in [3.63, 3.8) is 0 Å². The molecule has 0 aromatic carbocycles. The van der Waals surface area contributed by atoms with Crippen LogP contribution in [0.3, 0.4) is 0 Å². The lowest BCUT2D eigenvalue weighted by atomic mass is 10.00. The van der Waals surface area contributed by atoms with Crippen LogP contribution < -0.4 is 16.4 Å². The first-order chi connectivity index (χ1) is 12.9. The highest BCUT2D eigenvalue weighted by Crippen LogP contribution is 2.23. The fourth-order valence-corrected chi connectivity index (χ4v) is 2.72. The molecular weight excluding hydrogens is 390 g/mol. The van der Waals surface area contributed by atoms with Crippen molar-refractivity contribution in [3.8, 4) is 0 Å². The molecule has 28 heavy (non-hydrogen) atoms. The molecule has 5 N–H and O–H groups in total. The van der Waals surface area contributed by atoms with E-state index in [1.807, 2.05) is 0 Å². The second-order valence-electron chi connectivity index (χ2n) is 6.97. The number of carboxylic acid groups (broad SMARTS) is 1. The zero-order valence-corrected chi connectivity index (χ0v) is 17.4. The highest BCUT2D eigenvalue weighted by atomic mass is 32.2. The maximum Gasteiger partial charge on any atom is 0.325 e. The van der Waals surface area contributed by atoms with Crippen molar-refractivity contribution in [2.75, 3.05) is 18.9 Å². The third-order valence-corrected chi connectivity index (χ3v) is 4.73. The van der Waals surface area contributed by atoms with Crippen molar-refractivity contribution in [2.45, 2.75) is 52.6 Å². The van der Waals surface area contributed by atoms with Gasteiger partial charge in [-0.3, -0.25) is 24.0 Å². The summed E-state index contributed by atoms with van der Waals surface area (Å²) >= 11 is 0.886. The molecule has 0 aliphatic carbocycles. The zero-order valence-electron chi connectivity index (χ0n) is 16.6. The van der Waals surface area contributed by atoms with E-state index >= 15 is 0 Å². The molecule has 0 aromatic rings. The Labute approximate surface area is 168 Å². The third-order valence-electron chi connectivity index (χ3n) is 3.36. The van der Waals surface area contributed by atoms with Crippen molar-refractivity contribution >= 4 is 40.6 Å². The summed E-state index contributed by atoms with van der Waals surface area (Å²) in [5.74, 6) is -3.15. The maximum absolute atomic E-state index is 12.3. The second kappa shape index (κ2) is 12.3. The van der Waals surface area contributed by atoms with E-state index in [0.717, 1.165) is 11.8 Å². The van der Waals surface area contributed by atoms with E-state index < -0.39 is 41.3 Å². The summed E-state index contributed by atoms with van der Waals surface area (Å²) in [5, 5.41) is 13.4. The Morgan fingerprint density at radius 1 is 1.18 bits per heavy atom. The standard InChI is InChI=1S/C17H29N3O7S/c1-5-27-13(22)8-19-14(23)11(9-28-16(26)17(2,3)4)20-12(21)7-6-10(18)15(24)25/h10-11H,5-9,18H2,1-4H3,(H,19,23)(H,20,21)(H,24,25)/t10-,11-/m0/s1. The summed E-state index contributed by atoms with van der Waals surface area (Å²) < 4.78 is 4.71. The summed E-state index contributed by atoms with van der Waals surface area (Å²) in [6.07, 6.45) is -0.306. The van der Waals surface area contributed by atoms with Crippen molar-refractivity contribution in [1.29, 1.82) is 0 Å². The molecule has 0 heterocycles. The minimum atomic E-state index is -1.23. The molecule has 0 saturated carbocycles. The number of nitrogens with one attached hydrogen (secondary N) is 2. The summed E-state index contributed by atoms with van der Waals surface area (Å²) in [6.45, 7) is 6.59. The number of carbonyl (C=O) groups excluding carboxylic acids is 4. The molecule has 11 heteroatoms. The first-order valence-corrected chi connectivity index (χ1v) is 9.75. The summed E-state index contributed by atoms with van der Waals surface area (Å²) in [4.78, 5) is 58.5. The molecule has 0 spiro atoms. The molecule has 0 rings (SSSR count). The predicted molar refractivity (Wildman–Crippen MR) is 103 cm³/mol. The summed E-state index contributed by atoms with van der Waals surface area (Å²) in [5.41, 5.74) is 4.72. The number of rotatable bonds is 11. The number of esters is 1. The van der Waals surface area contributed by atoms with Crippen LogP contribution in [0.5, 0.6) is 0 Å². The maximum atomic E-state index is 12.3. The summed E-state index contributed by atoms with van der Waals surface area (Å²) in [6, 6.07) is -2.28. The van der Waals surface area contributed by atoms with E-state index in [1.54, 1.807) is 27.7 Å². The summed E-state index contributed by atoms with van der Waals surface area (Å²) in [7, 11) is 0. The Kier molecular flexibility index (Phi) is 11.4. The Morgan fingerprint density at radius 3 is 2.29 bits per heavy atom. The lowest BCUT2D eigenvalue weighted by Crippen LogP contribution is -2.50. The Hall–Kier alpha value is -2.14. The van der Waals surface area contributed by atoms with Gasteiger partial charge in [-0.15, -0.1) is 0 Å². The van der Waals surface area contributed by atoms with E-state index in [0.29, 0.717) is 0 Å². The van der Waals surface area contributed by atoms with Gasteiger partial charge in [-0.1, -0.05) is 32.5 Å². The van der Waals surface area contributed by atoms with Crippen LogP contribution in [0.4, 0.5) is 0 Å². The average Bonchev–Trinajstić information content (AvgIpc) is 2.59. The minimum Gasteiger partial charge on any atom is -0.480 e. The molecule has 2 amide bonds. The number of ether oxygens (including phenoxy) is 1. The normalized spacial score (nSPS) is 13.2. The predicted octanol–water partition coefficient (Wildman–Crippen LogP) is -0.351. The van der Waals surface area contributed by atoms with Crippen LogP contribution in [-0.4, -0.2) is 65.0 Å². The van der Waals surface area contributed by atoms with Crippen LogP contribution in [0, 0.1) is 5.41 Å². The van der Waals surface area contributed by atoms with Crippen molar-refractivity contribution in [1.82, 2.24) is 10.6 Å². The van der Waals surface area contributed by atoms with Crippen LogP contribution in [0.25, 0.3) is 0 Å². The number of hydrogen-bond donors (Lipinski definition) is 4. The topological polar surface area (TPSA) is 165 Å². The second-order valence-corrected chi connectivity index (χ2v) is 7.97.